The Hall–Kier alpha value is -2.74. The van der Waals surface area contributed by atoms with E-state index in [-0.39, 0.29) is 5.75 Å². The van der Waals surface area contributed by atoms with Gasteiger partial charge in [0.05, 0.1) is 0 Å². The summed E-state index contributed by atoms with van der Waals surface area (Å²) >= 11 is 0. The second kappa shape index (κ2) is 6.57. The van der Waals surface area contributed by atoms with Crippen molar-refractivity contribution >= 4 is 5.57 Å². The number of phenolic OH excluding ortho intramolecular Hbond substituents is 1. The van der Waals surface area contributed by atoms with Crippen LogP contribution in [0.5, 0.6) is 11.5 Å². The lowest BCUT2D eigenvalue weighted by atomic mass is 9.87. The molecule has 1 N–H and O–H groups in total. The lowest BCUT2D eigenvalue weighted by Crippen LogP contribution is -2.13. The monoisotopic (exact) mass is 304 g/mol. The van der Waals surface area contributed by atoms with Crippen LogP contribution in [0.3, 0.4) is 0 Å². The first kappa shape index (κ1) is 15.2. The Labute approximate surface area is 137 Å². The SMILES string of the molecule is C=C/C(=C\CC)C1=C(c2ccc(O)cc2)c2ccccc2OC1. The third kappa shape index (κ3) is 2.93. The van der Waals surface area contributed by atoms with Gasteiger partial charge in [0.25, 0.3) is 0 Å². The second-order valence-electron chi connectivity index (χ2n) is 5.46. The largest absolute Gasteiger partial charge is 0.508 e. The number of para-hydroxylation sites is 1. The average Bonchev–Trinajstić information content (AvgIpc) is 2.60. The van der Waals surface area contributed by atoms with Crippen LogP contribution in [0.25, 0.3) is 5.57 Å². The summed E-state index contributed by atoms with van der Waals surface area (Å²) in [5, 5.41) is 9.59. The molecule has 0 amide bonds. The summed E-state index contributed by atoms with van der Waals surface area (Å²) in [5.41, 5.74) is 5.52. The normalized spacial score (nSPS) is 14.2. The Morgan fingerprint density at radius 1 is 1.17 bits per heavy atom. The minimum absolute atomic E-state index is 0.268. The van der Waals surface area contributed by atoms with Crippen molar-refractivity contribution in [3.05, 3.63) is 89.5 Å². The number of benzene rings is 2. The summed E-state index contributed by atoms with van der Waals surface area (Å²) in [5.74, 6) is 1.16. The molecule has 23 heavy (non-hydrogen) atoms. The molecular formula is C21H20O2. The van der Waals surface area contributed by atoms with Crippen molar-refractivity contribution in [3.63, 3.8) is 0 Å². The molecule has 0 spiro atoms. The molecule has 2 nitrogen and oxygen atoms in total. The summed E-state index contributed by atoms with van der Waals surface area (Å²) < 4.78 is 5.94. The summed E-state index contributed by atoms with van der Waals surface area (Å²) in [6.07, 6.45) is 4.99. The molecule has 0 saturated heterocycles. The molecule has 2 aromatic carbocycles. The second-order valence-corrected chi connectivity index (χ2v) is 5.46. The maximum Gasteiger partial charge on any atom is 0.127 e. The number of hydrogen-bond acceptors (Lipinski definition) is 2. The lowest BCUT2D eigenvalue weighted by molar-refractivity contribution is 0.348. The van der Waals surface area contributed by atoms with Gasteiger partial charge in [0.15, 0.2) is 0 Å². The molecule has 1 aliphatic rings. The number of rotatable bonds is 4. The fourth-order valence-electron chi connectivity index (χ4n) is 2.92. The van der Waals surface area contributed by atoms with Gasteiger partial charge in [-0.1, -0.05) is 56.0 Å². The molecular weight excluding hydrogens is 284 g/mol. The molecule has 0 bridgehead atoms. The molecule has 0 aromatic heterocycles. The van der Waals surface area contributed by atoms with Gasteiger partial charge in [-0.25, -0.2) is 0 Å². The highest BCUT2D eigenvalue weighted by atomic mass is 16.5. The highest BCUT2D eigenvalue weighted by Gasteiger charge is 2.22. The highest BCUT2D eigenvalue weighted by Crippen LogP contribution is 2.40. The predicted molar refractivity (Wildman–Crippen MR) is 94.6 cm³/mol. The van der Waals surface area contributed by atoms with Crippen LogP contribution in [0.15, 0.2) is 78.4 Å². The van der Waals surface area contributed by atoms with E-state index in [0.29, 0.717) is 6.61 Å². The quantitative estimate of drug-likeness (QED) is 0.795. The highest BCUT2D eigenvalue weighted by molar-refractivity contribution is 5.89. The van der Waals surface area contributed by atoms with E-state index in [1.54, 1.807) is 12.1 Å². The molecule has 2 heteroatoms. The van der Waals surface area contributed by atoms with Gasteiger partial charge in [-0.2, -0.15) is 0 Å². The molecule has 1 aliphatic heterocycles. The standard InChI is InChI=1S/C21H20O2/c1-3-7-15(4-2)19-14-23-20-9-6-5-8-18(20)21(19)16-10-12-17(22)13-11-16/h4-13,22H,2-3,14H2,1H3/b15-7+. The number of phenols is 1. The topological polar surface area (TPSA) is 29.5 Å². The summed E-state index contributed by atoms with van der Waals surface area (Å²) in [6, 6.07) is 15.4. The summed E-state index contributed by atoms with van der Waals surface area (Å²) in [4.78, 5) is 0. The van der Waals surface area contributed by atoms with Crippen molar-refractivity contribution < 1.29 is 9.84 Å². The number of aromatic hydroxyl groups is 1. The average molecular weight is 304 g/mol. The van der Waals surface area contributed by atoms with Crippen molar-refractivity contribution in [3.8, 4) is 11.5 Å². The molecule has 0 radical (unpaired) electrons. The first-order valence-electron chi connectivity index (χ1n) is 7.82. The van der Waals surface area contributed by atoms with Crippen LogP contribution in [0.4, 0.5) is 0 Å². The van der Waals surface area contributed by atoms with E-state index in [2.05, 4.69) is 25.6 Å². The fraction of sp³-hybridized carbons (Fsp3) is 0.143. The maximum absolute atomic E-state index is 9.59. The van der Waals surface area contributed by atoms with E-state index in [0.717, 1.165) is 40.0 Å². The Balaban J connectivity index is 2.26. The van der Waals surface area contributed by atoms with Gasteiger partial charge in [-0.15, -0.1) is 0 Å². The van der Waals surface area contributed by atoms with Crippen LogP contribution in [-0.2, 0) is 0 Å². The zero-order chi connectivity index (χ0) is 16.2. The number of allylic oxidation sites excluding steroid dienone is 2. The molecule has 1 heterocycles. The minimum atomic E-state index is 0.268. The van der Waals surface area contributed by atoms with E-state index in [1.807, 2.05) is 36.4 Å². The Morgan fingerprint density at radius 3 is 2.61 bits per heavy atom. The third-order valence-electron chi connectivity index (χ3n) is 3.98. The summed E-state index contributed by atoms with van der Waals surface area (Å²) in [6.45, 7) is 6.59. The molecule has 0 aliphatic carbocycles. The molecule has 3 rings (SSSR count). The van der Waals surface area contributed by atoms with E-state index >= 15 is 0 Å². The Morgan fingerprint density at radius 2 is 1.91 bits per heavy atom. The van der Waals surface area contributed by atoms with Gasteiger partial charge in [-0.3, -0.25) is 0 Å². The molecule has 116 valence electrons. The zero-order valence-electron chi connectivity index (χ0n) is 13.3. The number of hydrogen-bond donors (Lipinski definition) is 1. The number of ether oxygens (including phenoxy) is 1. The van der Waals surface area contributed by atoms with Gasteiger partial charge in [0.2, 0.25) is 0 Å². The van der Waals surface area contributed by atoms with Crippen molar-refractivity contribution in [2.45, 2.75) is 13.3 Å². The maximum atomic E-state index is 9.59. The first-order valence-corrected chi connectivity index (χ1v) is 7.82. The van der Waals surface area contributed by atoms with E-state index in [4.69, 9.17) is 4.74 Å². The minimum Gasteiger partial charge on any atom is -0.508 e. The van der Waals surface area contributed by atoms with Crippen molar-refractivity contribution in [1.29, 1.82) is 0 Å². The van der Waals surface area contributed by atoms with Gasteiger partial charge in [0, 0.05) is 11.1 Å². The van der Waals surface area contributed by atoms with Crippen molar-refractivity contribution in [2.24, 2.45) is 0 Å². The summed E-state index contributed by atoms with van der Waals surface area (Å²) in [7, 11) is 0. The van der Waals surface area contributed by atoms with Gasteiger partial charge >= 0.3 is 0 Å². The van der Waals surface area contributed by atoms with Gasteiger partial charge in [-0.05, 0) is 41.3 Å². The first-order chi connectivity index (χ1) is 11.2. The van der Waals surface area contributed by atoms with Crippen molar-refractivity contribution in [2.75, 3.05) is 6.61 Å². The molecule has 0 fully saturated rings. The van der Waals surface area contributed by atoms with Crippen LogP contribution >= 0.6 is 0 Å². The number of fused-ring (bicyclic) bond motifs is 1. The lowest BCUT2D eigenvalue weighted by Gasteiger charge is -2.25. The Kier molecular flexibility index (Phi) is 4.33. The van der Waals surface area contributed by atoms with Crippen LogP contribution < -0.4 is 4.74 Å². The molecule has 2 aromatic rings. The van der Waals surface area contributed by atoms with E-state index in [1.165, 1.54) is 0 Å². The van der Waals surface area contributed by atoms with Crippen molar-refractivity contribution in [1.82, 2.24) is 0 Å². The van der Waals surface area contributed by atoms with E-state index in [9.17, 15) is 5.11 Å². The predicted octanol–water partition coefficient (Wildman–Crippen LogP) is 5.11. The smallest absolute Gasteiger partial charge is 0.127 e. The van der Waals surface area contributed by atoms with Gasteiger partial charge in [0.1, 0.15) is 18.1 Å². The van der Waals surface area contributed by atoms with Crippen LogP contribution in [0, 0.1) is 0 Å². The molecule has 0 atom stereocenters. The van der Waals surface area contributed by atoms with Crippen LogP contribution in [0.1, 0.15) is 24.5 Å². The Bertz CT molecular complexity index is 780. The fourth-order valence-corrected chi connectivity index (χ4v) is 2.92. The molecule has 0 saturated carbocycles. The zero-order valence-corrected chi connectivity index (χ0v) is 13.3. The third-order valence-corrected chi connectivity index (χ3v) is 3.98. The van der Waals surface area contributed by atoms with Gasteiger partial charge < -0.3 is 9.84 Å². The van der Waals surface area contributed by atoms with Crippen LogP contribution in [-0.4, -0.2) is 11.7 Å². The molecule has 0 unspecified atom stereocenters. The van der Waals surface area contributed by atoms with Crippen LogP contribution in [0.2, 0.25) is 0 Å². The van der Waals surface area contributed by atoms with E-state index < -0.39 is 0 Å².